The van der Waals surface area contributed by atoms with E-state index in [1.54, 1.807) is 0 Å². The fourth-order valence-corrected chi connectivity index (χ4v) is 1.55. The van der Waals surface area contributed by atoms with E-state index in [9.17, 15) is 14.4 Å². The van der Waals surface area contributed by atoms with E-state index in [-0.39, 0.29) is 5.56 Å². The number of carbonyl (C=O) groups excluding carboxylic acids is 2. The van der Waals surface area contributed by atoms with E-state index < -0.39 is 30.2 Å². The fraction of sp³-hybridized carbons (Fsp3) is 0.200. The van der Waals surface area contributed by atoms with Gasteiger partial charge in [-0.25, -0.2) is 9.78 Å². The standard InChI is InChI=1S/C10H10BrN3O4/c11-7-3-5(1-2-13-7)9(16)14-6(10(17)18)4-8(12)15/h1-3,6H,4H2,(H2,12,15)(H,14,16)(H,17,18). The summed E-state index contributed by atoms with van der Waals surface area (Å²) >= 11 is 3.08. The summed E-state index contributed by atoms with van der Waals surface area (Å²) in [6.45, 7) is 0. The third kappa shape index (κ3) is 4.13. The molecule has 0 aliphatic carbocycles. The minimum atomic E-state index is -1.35. The average molecular weight is 316 g/mol. The average Bonchev–Trinajstić information content (AvgIpc) is 2.27. The van der Waals surface area contributed by atoms with Gasteiger partial charge in [0.05, 0.1) is 6.42 Å². The Kier molecular flexibility index (Phi) is 4.78. The van der Waals surface area contributed by atoms with Crippen molar-refractivity contribution in [2.24, 2.45) is 5.73 Å². The maximum atomic E-state index is 11.7. The highest BCUT2D eigenvalue weighted by Gasteiger charge is 2.22. The van der Waals surface area contributed by atoms with Gasteiger partial charge in [-0.2, -0.15) is 0 Å². The Balaban J connectivity index is 2.78. The quantitative estimate of drug-likeness (QED) is 0.655. The number of hydrogen-bond donors (Lipinski definition) is 3. The summed E-state index contributed by atoms with van der Waals surface area (Å²) in [6, 6.07) is 1.50. The predicted octanol–water partition coefficient (Wildman–Crippen LogP) is -0.0975. The smallest absolute Gasteiger partial charge is 0.326 e. The molecule has 0 bridgehead atoms. The van der Waals surface area contributed by atoms with Crippen molar-refractivity contribution in [2.45, 2.75) is 12.5 Å². The Hall–Kier alpha value is -1.96. The molecule has 0 aliphatic heterocycles. The molecule has 18 heavy (non-hydrogen) atoms. The molecule has 96 valence electrons. The van der Waals surface area contributed by atoms with Gasteiger partial charge in [0.1, 0.15) is 10.6 Å². The van der Waals surface area contributed by atoms with E-state index in [2.05, 4.69) is 26.2 Å². The van der Waals surface area contributed by atoms with Crippen LogP contribution in [0.5, 0.6) is 0 Å². The van der Waals surface area contributed by atoms with Gasteiger partial charge >= 0.3 is 5.97 Å². The summed E-state index contributed by atoms with van der Waals surface area (Å²) in [5.41, 5.74) is 5.13. The molecule has 1 aromatic rings. The number of hydrogen-bond acceptors (Lipinski definition) is 4. The highest BCUT2D eigenvalue weighted by Crippen LogP contribution is 2.08. The Morgan fingerprint density at radius 2 is 2.17 bits per heavy atom. The predicted molar refractivity (Wildman–Crippen MR) is 64.6 cm³/mol. The van der Waals surface area contributed by atoms with Crippen LogP contribution in [0.1, 0.15) is 16.8 Å². The Morgan fingerprint density at radius 3 is 2.67 bits per heavy atom. The van der Waals surface area contributed by atoms with Crippen molar-refractivity contribution >= 4 is 33.7 Å². The molecular formula is C10H10BrN3O4. The van der Waals surface area contributed by atoms with Crippen LogP contribution >= 0.6 is 15.9 Å². The number of carboxylic acids is 1. The molecular weight excluding hydrogens is 306 g/mol. The Morgan fingerprint density at radius 1 is 1.50 bits per heavy atom. The van der Waals surface area contributed by atoms with Gasteiger partial charge in [-0.15, -0.1) is 0 Å². The van der Waals surface area contributed by atoms with E-state index in [0.717, 1.165) is 0 Å². The zero-order chi connectivity index (χ0) is 13.7. The van der Waals surface area contributed by atoms with E-state index in [4.69, 9.17) is 10.8 Å². The van der Waals surface area contributed by atoms with Gasteiger partial charge < -0.3 is 16.2 Å². The summed E-state index contributed by atoms with van der Waals surface area (Å²) in [7, 11) is 0. The highest BCUT2D eigenvalue weighted by atomic mass is 79.9. The van der Waals surface area contributed by atoms with Crippen molar-refractivity contribution in [3.8, 4) is 0 Å². The largest absolute Gasteiger partial charge is 0.480 e. The lowest BCUT2D eigenvalue weighted by molar-refractivity contribution is -0.140. The molecule has 1 rings (SSSR count). The molecule has 1 unspecified atom stereocenters. The van der Waals surface area contributed by atoms with Crippen LogP contribution in [-0.2, 0) is 9.59 Å². The van der Waals surface area contributed by atoms with Gasteiger partial charge in [0, 0.05) is 11.8 Å². The summed E-state index contributed by atoms with van der Waals surface area (Å²) in [5.74, 6) is -2.75. The molecule has 7 nitrogen and oxygen atoms in total. The van der Waals surface area contributed by atoms with Crippen LogP contribution < -0.4 is 11.1 Å². The van der Waals surface area contributed by atoms with Crippen molar-refractivity contribution in [1.82, 2.24) is 10.3 Å². The Bertz CT molecular complexity index is 492. The molecule has 8 heteroatoms. The van der Waals surface area contributed by atoms with Crippen LogP contribution in [0.2, 0.25) is 0 Å². The van der Waals surface area contributed by atoms with Gasteiger partial charge in [-0.05, 0) is 28.1 Å². The first kappa shape index (κ1) is 14.1. The number of aliphatic carboxylic acids is 1. The second kappa shape index (κ2) is 6.10. The summed E-state index contributed by atoms with van der Waals surface area (Å²) < 4.78 is 0.442. The fourth-order valence-electron chi connectivity index (χ4n) is 1.19. The zero-order valence-electron chi connectivity index (χ0n) is 9.09. The molecule has 0 fully saturated rings. The second-order valence-corrected chi connectivity index (χ2v) is 4.21. The van der Waals surface area contributed by atoms with E-state index >= 15 is 0 Å². The van der Waals surface area contributed by atoms with E-state index in [1.807, 2.05) is 0 Å². The van der Waals surface area contributed by atoms with Crippen molar-refractivity contribution in [2.75, 3.05) is 0 Å². The molecule has 0 spiro atoms. The molecule has 4 N–H and O–H groups in total. The van der Waals surface area contributed by atoms with Crippen molar-refractivity contribution in [1.29, 1.82) is 0 Å². The monoisotopic (exact) mass is 315 g/mol. The summed E-state index contributed by atoms with van der Waals surface area (Å²) in [5, 5.41) is 11.0. The minimum absolute atomic E-state index is 0.229. The first-order valence-electron chi connectivity index (χ1n) is 4.83. The molecule has 1 atom stereocenters. The SMILES string of the molecule is NC(=O)CC(NC(=O)c1ccnc(Br)c1)C(=O)O. The van der Waals surface area contributed by atoms with Crippen molar-refractivity contribution < 1.29 is 19.5 Å². The van der Waals surface area contributed by atoms with Crippen LogP contribution in [0.4, 0.5) is 0 Å². The highest BCUT2D eigenvalue weighted by molar-refractivity contribution is 9.10. The lowest BCUT2D eigenvalue weighted by atomic mass is 10.1. The second-order valence-electron chi connectivity index (χ2n) is 3.40. The number of primary amides is 1. The minimum Gasteiger partial charge on any atom is -0.480 e. The van der Waals surface area contributed by atoms with Crippen LogP contribution in [0.15, 0.2) is 22.9 Å². The molecule has 0 aliphatic rings. The molecule has 1 aromatic heterocycles. The third-order valence-electron chi connectivity index (χ3n) is 2.00. The molecule has 0 radical (unpaired) electrons. The molecule has 0 saturated carbocycles. The maximum Gasteiger partial charge on any atom is 0.326 e. The van der Waals surface area contributed by atoms with Crippen LogP contribution in [0, 0.1) is 0 Å². The van der Waals surface area contributed by atoms with Gasteiger partial charge in [-0.3, -0.25) is 9.59 Å². The molecule has 0 saturated heterocycles. The topological polar surface area (TPSA) is 122 Å². The van der Waals surface area contributed by atoms with E-state index in [0.29, 0.717) is 4.60 Å². The van der Waals surface area contributed by atoms with Gasteiger partial charge in [0.15, 0.2) is 0 Å². The maximum absolute atomic E-state index is 11.7. The number of pyridine rings is 1. The van der Waals surface area contributed by atoms with Crippen LogP contribution in [0.3, 0.4) is 0 Å². The van der Waals surface area contributed by atoms with Gasteiger partial charge in [0.2, 0.25) is 5.91 Å². The number of aromatic nitrogens is 1. The third-order valence-corrected chi connectivity index (χ3v) is 2.43. The summed E-state index contributed by atoms with van der Waals surface area (Å²) in [4.78, 5) is 37.1. The zero-order valence-corrected chi connectivity index (χ0v) is 10.7. The lowest BCUT2D eigenvalue weighted by Crippen LogP contribution is -2.43. The number of carboxylic acid groups (broad SMARTS) is 1. The van der Waals surface area contributed by atoms with Crippen LogP contribution in [0.25, 0.3) is 0 Å². The Labute approximate surface area is 111 Å². The number of carbonyl (C=O) groups is 3. The molecule has 0 aromatic carbocycles. The first-order valence-corrected chi connectivity index (χ1v) is 5.63. The van der Waals surface area contributed by atoms with Gasteiger partial charge in [0.25, 0.3) is 5.91 Å². The number of halogens is 1. The normalized spacial score (nSPS) is 11.6. The van der Waals surface area contributed by atoms with Gasteiger partial charge in [-0.1, -0.05) is 0 Å². The van der Waals surface area contributed by atoms with E-state index in [1.165, 1.54) is 18.3 Å². The number of nitrogens with one attached hydrogen (secondary N) is 1. The van der Waals surface area contributed by atoms with Crippen molar-refractivity contribution in [3.05, 3.63) is 28.5 Å². The van der Waals surface area contributed by atoms with Crippen molar-refractivity contribution in [3.63, 3.8) is 0 Å². The summed E-state index contributed by atoms with van der Waals surface area (Å²) in [6.07, 6.45) is 0.927. The first-order chi connectivity index (χ1) is 8.40. The molecule has 2 amide bonds. The lowest BCUT2D eigenvalue weighted by Gasteiger charge is -2.12. The molecule has 1 heterocycles. The number of amides is 2. The van der Waals surface area contributed by atoms with Crippen LogP contribution in [-0.4, -0.2) is 33.9 Å². The number of nitrogens with two attached hydrogens (primary N) is 1. The number of rotatable bonds is 5. The number of nitrogens with zero attached hydrogens (tertiary/aromatic N) is 1.